The van der Waals surface area contributed by atoms with Crippen molar-refractivity contribution in [1.82, 2.24) is 0 Å². The molecule has 0 aliphatic rings. The lowest BCUT2D eigenvalue weighted by Gasteiger charge is -1.92. The van der Waals surface area contributed by atoms with Gasteiger partial charge in [-0.05, 0) is 13.8 Å². The standard InChI is InChI=1S/C5H9ClO3S/c1-5(2)3-4-10(7,8)9-6/h3H,4H2,1-2H3. The summed E-state index contributed by atoms with van der Waals surface area (Å²) in [4.78, 5) is 0. The molecule has 0 saturated heterocycles. The molecule has 60 valence electrons. The molecule has 0 fully saturated rings. The monoisotopic (exact) mass is 184 g/mol. The van der Waals surface area contributed by atoms with Gasteiger partial charge in [-0.3, -0.25) is 0 Å². The highest BCUT2D eigenvalue weighted by Crippen LogP contribution is 1.99. The summed E-state index contributed by atoms with van der Waals surface area (Å²) in [6.07, 6.45) is 1.53. The van der Waals surface area contributed by atoms with E-state index < -0.39 is 10.1 Å². The molecule has 0 unspecified atom stereocenters. The van der Waals surface area contributed by atoms with Crippen LogP contribution in [0.25, 0.3) is 0 Å². The predicted molar refractivity (Wildman–Crippen MR) is 40.2 cm³/mol. The van der Waals surface area contributed by atoms with Gasteiger partial charge in [0.15, 0.2) is 0 Å². The second-order valence-electron chi connectivity index (χ2n) is 2.07. The smallest absolute Gasteiger partial charge is 0.198 e. The van der Waals surface area contributed by atoms with Crippen molar-refractivity contribution in [1.29, 1.82) is 0 Å². The van der Waals surface area contributed by atoms with E-state index in [0.717, 1.165) is 5.57 Å². The quantitative estimate of drug-likeness (QED) is 0.624. The minimum Gasteiger partial charge on any atom is -0.198 e. The first-order valence-corrected chi connectivity index (χ1v) is 4.53. The first kappa shape index (κ1) is 9.94. The van der Waals surface area contributed by atoms with Gasteiger partial charge < -0.3 is 0 Å². The topological polar surface area (TPSA) is 43.4 Å². The minimum atomic E-state index is -3.53. The molecule has 0 aromatic heterocycles. The predicted octanol–water partition coefficient (Wildman–Crippen LogP) is 1.45. The number of halogens is 1. The van der Waals surface area contributed by atoms with E-state index in [1.54, 1.807) is 13.8 Å². The van der Waals surface area contributed by atoms with E-state index in [2.05, 4.69) is 15.6 Å². The van der Waals surface area contributed by atoms with Gasteiger partial charge in [0.2, 0.25) is 0 Å². The van der Waals surface area contributed by atoms with Crippen LogP contribution in [0.15, 0.2) is 11.6 Å². The van der Waals surface area contributed by atoms with Crippen molar-refractivity contribution >= 4 is 22.0 Å². The molecular weight excluding hydrogens is 176 g/mol. The second kappa shape index (κ2) is 3.95. The summed E-state index contributed by atoms with van der Waals surface area (Å²) in [6, 6.07) is 0. The molecule has 5 heteroatoms. The Morgan fingerprint density at radius 2 is 2.10 bits per heavy atom. The normalized spacial score (nSPS) is 11.1. The van der Waals surface area contributed by atoms with E-state index in [9.17, 15) is 8.42 Å². The summed E-state index contributed by atoms with van der Waals surface area (Å²) in [5.74, 6) is -0.168. The maximum absolute atomic E-state index is 10.5. The molecule has 0 N–H and O–H groups in total. The van der Waals surface area contributed by atoms with Crippen LogP contribution in [0, 0.1) is 0 Å². The lowest BCUT2D eigenvalue weighted by atomic mass is 10.3. The van der Waals surface area contributed by atoms with E-state index in [0.29, 0.717) is 0 Å². The Bertz CT molecular complexity index is 213. The van der Waals surface area contributed by atoms with Crippen molar-refractivity contribution < 1.29 is 12.2 Å². The average Bonchev–Trinajstić information content (AvgIpc) is 1.85. The van der Waals surface area contributed by atoms with Gasteiger partial charge >= 0.3 is 0 Å². The van der Waals surface area contributed by atoms with Crippen LogP contribution in [0.5, 0.6) is 0 Å². The van der Waals surface area contributed by atoms with Gasteiger partial charge in [-0.1, -0.05) is 11.6 Å². The van der Waals surface area contributed by atoms with Crippen molar-refractivity contribution in [2.24, 2.45) is 0 Å². The molecule has 0 aliphatic carbocycles. The van der Waals surface area contributed by atoms with Gasteiger partial charge in [-0.25, -0.2) is 0 Å². The highest BCUT2D eigenvalue weighted by Gasteiger charge is 2.06. The van der Waals surface area contributed by atoms with E-state index in [1.807, 2.05) is 0 Å². The van der Waals surface area contributed by atoms with Crippen molar-refractivity contribution in [3.63, 3.8) is 0 Å². The highest BCUT2D eigenvalue weighted by atomic mass is 35.5. The Hall–Kier alpha value is -0.0600. The molecule has 0 aromatic carbocycles. The maximum atomic E-state index is 10.5. The first-order valence-electron chi connectivity index (χ1n) is 2.64. The summed E-state index contributed by atoms with van der Waals surface area (Å²) in [5.41, 5.74) is 0.914. The maximum Gasteiger partial charge on any atom is 0.286 e. The zero-order chi connectivity index (χ0) is 8.20. The Labute approximate surface area is 65.9 Å². The molecule has 0 aliphatic heterocycles. The fourth-order valence-electron chi connectivity index (χ4n) is 0.294. The zero-order valence-electron chi connectivity index (χ0n) is 5.80. The third kappa shape index (κ3) is 4.78. The lowest BCUT2D eigenvalue weighted by Crippen LogP contribution is -2.02. The first-order chi connectivity index (χ1) is 4.48. The van der Waals surface area contributed by atoms with Gasteiger partial charge in [0.25, 0.3) is 10.1 Å². The number of allylic oxidation sites excluding steroid dienone is 1. The van der Waals surface area contributed by atoms with E-state index in [-0.39, 0.29) is 5.75 Å². The molecule has 3 nitrogen and oxygen atoms in total. The lowest BCUT2D eigenvalue weighted by molar-refractivity contribution is 0.512. The molecule has 0 amide bonds. The van der Waals surface area contributed by atoms with Crippen molar-refractivity contribution in [3.8, 4) is 0 Å². The molecule has 0 heterocycles. The van der Waals surface area contributed by atoms with Crippen molar-refractivity contribution in [3.05, 3.63) is 11.6 Å². The largest absolute Gasteiger partial charge is 0.286 e. The molecular formula is C5H9ClO3S. The Kier molecular flexibility index (Phi) is 3.93. The molecule has 10 heavy (non-hydrogen) atoms. The fraction of sp³-hybridized carbons (Fsp3) is 0.600. The van der Waals surface area contributed by atoms with Crippen molar-refractivity contribution in [2.75, 3.05) is 5.75 Å². The van der Waals surface area contributed by atoms with Gasteiger partial charge in [0.05, 0.1) is 17.6 Å². The van der Waals surface area contributed by atoms with Crippen LogP contribution >= 0.6 is 11.9 Å². The highest BCUT2D eigenvalue weighted by molar-refractivity contribution is 7.87. The summed E-state index contributed by atoms with van der Waals surface area (Å²) >= 11 is 4.66. The van der Waals surface area contributed by atoms with Gasteiger partial charge in [0, 0.05) is 0 Å². The second-order valence-corrected chi connectivity index (χ2v) is 4.02. The Morgan fingerprint density at radius 3 is 2.40 bits per heavy atom. The van der Waals surface area contributed by atoms with E-state index in [4.69, 9.17) is 0 Å². The molecule has 0 radical (unpaired) electrons. The van der Waals surface area contributed by atoms with E-state index in [1.165, 1.54) is 6.08 Å². The van der Waals surface area contributed by atoms with E-state index >= 15 is 0 Å². The van der Waals surface area contributed by atoms with Crippen LogP contribution in [0.2, 0.25) is 0 Å². The number of hydrogen-bond donors (Lipinski definition) is 0. The van der Waals surface area contributed by atoms with Crippen LogP contribution < -0.4 is 0 Å². The summed E-state index contributed by atoms with van der Waals surface area (Å²) in [5, 5.41) is 0. The number of rotatable bonds is 3. The molecule has 0 saturated carbocycles. The van der Waals surface area contributed by atoms with Crippen LogP contribution in [0.4, 0.5) is 0 Å². The van der Waals surface area contributed by atoms with Crippen molar-refractivity contribution in [2.45, 2.75) is 13.8 Å². The molecule has 0 rings (SSSR count). The zero-order valence-corrected chi connectivity index (χ0v) is 7.37. The van der Waals surface area contributed by atoms with Crippen LogP contribution in [-0.2, 0) is 13.9 Å². The Balaban J connectivity index is 4.06. The number of hydrogen-bond acceptors (Lipinski definition) is 3. The third-order valence-electron chi connectivity index (χ3n) is 0.792. The summed E-state index contributed by atoms with van der Waals surface area (Å²) in [7, 11) is -3.53. The van der Waals surface area contributed by atoms with Gasteiger partial charge in [-0.2, -0.15) is 12.2 Å². The molecule has 0 atom stereocenters. The minimum absolute atomic E-state index is 0.168. The van der Waals surface area contributed by atoms with Gasteiger partial charge in [-0.15, -0.1) is 0 Å². The molecule has 0 aromatic rings. The molecule has 0 bridgehead atoms. The van der Waals surface area contributed by atoms with Gasteiger partial charge in [0.1, 0.15) is 0 Å². The summed E-state index contributed by atoms with van der Waals surface area (Å²) < 4.78 is 24.7. The fourth-order valence-corrected chi connectivity index (χ4v) is 1.04. The van der Waals surface area contributed by atoms with Crippen LogP contribution in [0.1, 0.15) is 13.8 Å². The molecule has 0 spiro atoms. The average molecular weight is 185 g/mol. The Morgan fingerprint density at radius 1 is 1.60 bits per heavy atom. The van der Waals surface area contributed by atoms with Crippen LogP contribution in [-0.4, -0.2) is 14.2 Å². The third-order valence-corrected chi connectivity index (χ3v) is 2.13. The van der Waals surface area contributed by atoms with Crippen LogP contribution in [0.3, 0.4) is 0 Å². The summed E-state index contributed by atoms with van der Waals surface area (Å²) in [6.45, 7) is 3.59. The SMILES string of the molecule is CC(C)=CCS(=O)(=O)OCl.